The van der Waals surface area contributed by atoms with Gasteiger partial charge in [0, 0.05) is 11.4 Å². The van der Waals surface area contributed by atoms with Gasteiger partial charge in [0.2, 0.25) is 0 Å². The Balaban J connectivity index is 2.39. The van der Waals surface area contributed by atoms with Crippen molar-refractivity contribution in [1.82, 2.24) is 0 Å². The maximum atomic E-state index is 5.55. The van der Waals surface area contributed by atoms with Crippen LogP contribution in [-0.4, -0.2) is 0 Å². The highest BCUT2D eigenvalue weighted by Crippen LogP contribution is 2.28. The summed E-state index contributed by atoms with van der Waals surface area (Å²) in [5.74, 6) is 0. The largest absolute Gasteiger partial charge is 0.326 e. The Morgan fingerprint density at radius 3 is 2.36 bits per heavy atom. The molecule has 2 N–H and O–H groups in total. The van der Waals surface area contributed by atoms with E-state index in [2.05, 4.69) is 42.6 Å². The monoisotopic (exact) mass is 203 g/mol. The third-order valence-corrected chi connectivity index (χ3v) is 3.38. The Labute approximate surface area is 88.2 Å². The Morgan fingerprint density at radius 1 is 1.14 bits per heavy atom. The molecule has 0 aliphatic rings. The zero-order valence-electron chi connectivity index (χ0n) is 8.16. The van der Waals surface area contributed by atoms with Gasteiger partial charge >= 0.3 is 0 Å². The molecule has 0 radical (unpaired) electrons. The summed E-state index contributed by atoms with van der Waals surface area (Å²) in [7, 11) is 0. The summed E-state index contributed by atoms with van der Waals surface area (Å²) in [6, 6.07) is 10.6. The molecule has 0 atom stereocenters. The molecular formula is C12H13NS. The highest BCUT2D eigenvalue weighted by Gasteiger charge is 2.02. The first kappa shape index (κ1) is 9.44. The molecule has 2 rings (SSSR count). The predicted molar refractivity (Wildman–Crippen MR) is 62.4 cm³/mol. The van der Waals surface area contributed by atoms with Crippen LogP contribution in [0.2, 0.25) is 0 Å². The first-order valence-electron chi connectivity index (χ1n) is 4.65. The number of rotatable bonds is 2. The average molecular weight is 203 g/mol. The highest BCUT2D eigenvalue weighted by molar-refractivity contribution is 7.13. The minimum atomic E-state index is 0.615. The van der Waals surface area contributed by atoms with Gasteiger partial charge in [-0.1, -0.05) is 24.3 Å². The zero-order chi connectivity index (χ0) is 9.97. The third-order valence-electron chi connectivity index (χ3n) is 2.31. The number of nitrogens with two attached hydrogens (primary N) is 1. The Kier molecular flexibility index (Phi) is 2.66. The van der Waals surface area contributed by atoms with E-state index in [1.807, 2.05) is 0 Å². The number of hydrogen-bond donors (Lipinski definition) is 1. The Bertz CT molecular complexity index is 414. The fourth-order valence-electron chi connectivity index (χ4n) is 1.46. The fraction of sp³-hybridized carbons (Fsp3) is 0.167. The Hall–Kier alpha value is -1.12. The summed E-state index contributed by atoms with van der Waals surface area (Å²) in [6.07, 6.45) is 0. The van der Waals surface area contributed by atoms with Gasteiger partial charge < -0.3 is 5.73 Å². The van der Waals surface area contributed by atoms with Crippen LogP contribution in [0.1, 0.15) is 11.1 Å². The van der Waals surface area contributed by atoms with Gasteiger partial charge in [0.15, 0.2) is 0 Å². The molecule has 72 valence electrons. The van der Waals surface area contributed by atoms with E-state index in [0.717, 1.165) is 0 Å². The zero-order valence-corrected chi connectivity index (χ0v) is 8.97. The molecule has 0 aliphatic heterocycles. The van der Waals surface area contributed by atoms with Crippen LogP contribution >= 0.6 is 11.3 Å². The second kappa shape index (κ2) is 3.95. The van der Waals surface area contributed by atoms with E-state index in [0.29, 0.717) is 6.54 Å². The number of hydrogen-bond acceptors (Lipinski definition) is 2. The SMILES string of the molecule is Cc1ccsc1-c1ccc(CN)cc1. The second-order valence-corrected chi connectivity index (χ2v) is 4.25. The van der Waals surface area contributed by atoms with Crippen LogP contribution in [0.4, 0.5) is 0 Å². The van der Waals surface area contributed by atoms with Crippen LogP contribution in [0, 0.1) is 6.92 Å². The maximum absolute atomic E-state index is 5.55. The molecule has 1 nitrogen and oxygen atoms in total. The lowest BCUT2D eigenvalue weighted by atomic mass is 10.1. The Morgan fingerprint density at radius 2 is 1.86 bits per heavy atom. The number of thiophene rings is 1. The van der Waals surface area contributed by atoms with E-state index in [4.69, 9.17) is 5.73 Å². The molecule has 14 heavy (non-hydrogen) atoms. The van der Waals surface area contributed by atoms with Gasteiger partial charge in [-0.2, -0.15) is 0 Å². The quantitative estimate of drug-likeness (QED) is 0.797. The molecule has 0 spiro atoms. The van der Waals surface area contributed by atoms with Gasteiger partial charge in [0.25, 0.3) is 0 Å². The smallest absolute Gasteiger partial charge is 0.0371 e. The second-order valence-electron chi connectivity index (χ2n) is 3.33. The van der Waals surface area contributed by atoms with Crippen molar-refractivity contribution < 1.29 is 0 Å². The third kappa shape index (κ3) is 1.72. The minimum Gasteiger partial charge on any atom is -0.326 e. The first-order valence-corrected chi connectivity index (χ1v) is 5.52. The van der Waals surface area contributed by atoms with E-state index in [1.54, 1.807) is 11.3 Å². The summed E-state index contributed by atoms with van der Waals surface area (Å²) >= 11 is 1.78. The number of aryl methyl sites for hydroxylation is 1. The maximum Gasteiger partial charge on any atom is 0.0371 e. The van der Waals surface area contributed by atoms with Gasteiger partial charge in [-0.25, -0.2) is 0 Å². The molecule has 0 bridgehead atoms. The van der Waals surface area contributed by atoms with Gasteiger partial charge in [-0.3, -0.25) is 0 Å². The lowest BCUT2D eigenvalue weighted by Gasteiger charge is -2.01. The molecule has 0 saturated heterocycles. The van der Waals surface area contributed by atoms with Gasteiger partial charge in [-0.15, -0.1) is 11.3 Å². The molecule has 0 amide bonds. The normalized spacial score (nSPS) is 10.4. The van der Waals surface area contributed by atoms with Crippen LogP contribution < -0.4 is 5.73 Å². The minimum absolute atomic E-state index is 0.615. The van der Waals surface area contributed by atoms with Crippen molar-refractivity contribution in [3.05, 3.63) is 46.8 Å². The summed E-state index contributed by atoms with van der Waals surface area (Å²) in [6.45, 7) is 2.76. The van der Waals surface area contributed by atoms with Gasteiger partial charge in [0.05, 0.1) is 0 Å². The molecule has 1 aromatic carbocycles. The lowest BCUT2D eigenvalue weighted by molar-refractivity contribution is 1.07. The van der Waals surface area contributed by atoms with Crippen molar-refractivity contribution in [3.8, 4) is 10.4 Å². The van der Waals surface area contributed by atoms with Gasteiger partial charge in [-0.05, 0) is 35.1 Å². The predicted octanol–water partition coefficient (Wildman–Crippen LogP) is 3.18. The summed E-state index contributed by atoms with van der Waals surface area (Å²) in [5, 5.41) is 2.13. The molecule has 2 heteroatoms. The highest BCUT2D eigenvalue weighted by atomic mass is 32.1. The van der Waals surface area contributed by atoms with E-state index in [9.17, 15) is 0 Å². The van der Waals surface area contributed by atoms with Crippen LogP contribution in [0.3, 0.4) is 0 Å². The number of benzene rings is 1. The van der Waals surface area contributed by atoms with E-state index in [-0.39, 0.29) is 0 Å². The van der Waals surface area contributed by atoms with Crippen molar-refractivity contribution in [2.75, 3.05) is 0 Å². The molecule has 2 aromatic rings. The summed E-state index contributed by atoms with van der Waals surface area (Å²) in [4.78, 5) is 1.36. The van der Waals surface area contributed by atoms with Crippen molar-refractivity contribution in [3.63, 3.8) is 0 Å². The summed E-state index contributed by atoms with van der Waals surface area (Å²) in [5.41, 5.74) is 9.36. The first-order chi connectivity index (χ1) is 6.81. The average Bonchev–Trinajstić information content (AvgIpc) is 2.65. The van der Waals surface area contributed by atoms with Crippen molar-refractivity contribution >= 4 is 11.3 Å². The van der Waals surface area contributed by atoms with Crippen LogP contribution in [0.15, 0.2) is 35.7 Å². The summed E-state index contributed by atoms with van der Waals surface area (Å²) < 4.78 is 0. The molecular weight excluding hydrogens is 190 g/mol. The van der Waals surface area contributed by atoms with E-state index < -0.39 is 0 Å². The van der Waals surface area contributed by atoms with Crippen molar-refractivity contribution in [1.29, 1.82) is 0 Å². The molecule has 1 heterocycles. The molecule has 1 aromatic heterocycles. The van der Waals surface area contributed by atoms with Crippen LogP contribution in [0.5, 0.6) is 0 Å². The van der Waals surface area contributed by atoms with Crippen LogP contribution in [-0.2, 0) is 6.54 Å². The van der Waals surface area contributed by atoms with Crippen LogP contribution in [0.25, 0.3) is 10.4 Å². The molecule has 0 aliphatic carbocycles. The van der Waals surface area contributed by atoms with E-state index >= 15 is 0 Å². The van der Waals surface area contributed by atoms with Crippen molar-refractivity contribution in [2.24, 2.45) is 5.73 Å². The molecule has 0 saturated carbocycles. The van der Waals surface area contributed by atoms with E-state index in [1.165, 1.54) is 21.6 Å². The molecule has 0 unspecified atom stereocenters. The lowest BCUT2D eigenvalue weighted by Crippen LogP contribution is -1.94. The van der Waals surface area contributed by atoms with Gasteiger partial charge in [0.1, 0.15) is 0 Å². The topological polar surface area (TPSA) is 26.0 Å². The standard InChI is InChI=1S/C12H13NS/c1-9-6-7-14-12(9)11-4-2-10(8-13)3-5-11/h2-7H,8,13H2,1H3. The molecule has 0 fully saturated rings. The fourth-order valence-corrected chi connectivity index (χ4v) is 2.40. The van der Waals surface area contributed by atoms with Crippen molar-refractivity contribution in [2.45, 2.75) is 13.5 Å².